The third-order valence-electron chi connectivity index (χ3n) is 5.94. The van der Waals surface area contributed by atoms with E-state index >= 15 is 0 Å². The second kappa shape index (κ2) is 7.12. The molecule has 2 aliphatic rings. The summed E-state index contributed by atoms with van der Waals surface area (Å²) < 4.78 is 0. The van der Waals surface area contributed by atoms with Crippen molar-refractivity contribution in [3.63, 3.8) is 0 Å². The van der Waals surface area contributed by atoms with E-state index in [4.69, 9.17) is 9.97 Å². The highest BCUT2D eigenvalue weighted by Gasteiger charge is 2.25. The first-order chi connectivity index (χ1) is 14.5. The van der Waals surface area contributed by atoms with Crippen LogP contribution < -0.4 is 10.6 Å². The van der Waals surface area contributed by atoms with Crippen LogP contribution in [0.15, 0.2) is 24.3 Å². The molecule has 2 amide bonds. The van der Waals surface area contributed by atoms with Gasteiger partial charge in [-0.2, -0.15) is 0 Å². The minimum atomic E-state index is -0.0421. The van der Waals surface area contributed by atoms with E-state index in [9.17, 15) is 9.59 Å². The van der Waals surface area contributed by atoms with Crippen LogP contribution in [0.5, 0.6) is 0 Å². The van der Waals surface area contributed by atoms with Crippen molar-refractivity contribution in [1.82, 2.24) is 25.2 Å². The number of nitrogens with one attached hydrogen (secondary N) is 3. The molecule has 0 saturated carbocycles. The van der Waals surface area contributed by atoms with E-state index in [2.05, 4.69) is 15.6 Å². The Morgan fingerprint density at radius 2 is 2.13 bits per heavy atom. The molecule has 0 unspecified atom stereocenters. The Hall–Kier alpha value is -3.42. The largest absolute Gasteiger partial charge is 0.364 e. The molecule has 154 valence electrons. The first-order valence-corrected chi connectivity index (χ1v) is 10.3. The van der Waals surface area contributed by atoms with Gasteiger partial charge in [0.1, 0.15) is 11.3 Å². The number of nitrogens with zero attached hydrogens (tertiary/aromatic N) is 3. The molecule has 0 bridgehead atoms. The molecular formula is C22H24N6O2. The fraction of sp³-hybridized carbons (Fsp3) is 0.364. The Balaban J connectivity index is 1.52. The lowest BCUT2D eigenvalue weighted by molar-refractivity contribution is -0.127. The van der Waals surface area contributed by atoms with Crippen molar-refractivity contribution >= 4 is 28.7 Å². The highest BCUT2D eigenvalue weighted by Crippen LogP contribution is 2.30. The number of benzene rings is 1. The predicted octanol–water partition coefficient (Wildman–Crippen LogP) is 2.25. The zero-order chi connectivity index (χ0) is 20.8. The predicted molar refractivity (Wildman–Crippen MR) is 114 cm³/mol. The molecule has 4 heterocycles. The highest BCUT2D eigenvalue weighted by atomic mass is 16.2. The number of hydrogen-bond acceptors (Lipinski definition) is 5. The van der Waals surface area contributed by atoms with Crippen molar-refractivity contribution in [3.05, 3.63) is 41.2 Å². The first-order valence-electron chi connectivity index (χ1n) is 10.3. The van der Waals surface area contributed by atoms with E-state index in [1.807, 2.05) is 36.1 Å². The van der Waals surface area contributed by atoms with Crippen LogP contribution in [0.2, 0.25) is 0 Å². The summed E-state index contributed by atoms with van der Waals surface area (Å²) in [7, 11) is 0. The van der Waals surface area contributed by atoms with Crippen molar-refractivity contribution in [2.75, 3.05) is 25.0 Å². The molecule has 2 aromatic heterocycles. The second-order valence-corrected chi connectivity index (χ2v) is 8.01. The number of H-pyrrole nitrogens is 1. The Labute approximate surface area is 174 Å². The Morgan fingerprint density at radius 3 is 2.90 bits per heavy atom. The van der Waals surface area contributed by atoms with Gasteiger partial charge in [-0.15, -0.1) is 0 Å². The molecule has 1 aromatic carbocycles. The van der Waals surface area contributed by atoms with Gasteiger partial charge in [-0.3, -0.25) is 9.59 Å². The Kier molecular flexibility index (Phi) is 4.42. The number of rotatable bonds is 3. The summed E-state index contributed by atoms with van der Waals surface area (Å²) in [5.41, 5.74) is 5.86. The van der Waals surface area contributed by atoms with E-state index in [1.165, 1.54) is 0 Å². The number of carbonyl (C=O) groups excluding carboxylic acids is 2. The molecule has 1 atom stereocenters. The summed E-state index contributed by atoms with van der Waals surface area (Å²) in [5.74, 6) is 0.793. The Morgan fingerprint density at radius 1 is 1.27 bits per heavy atom. The zero-order valence-electron chi connectivity index (χ0n) is 17.1. The van der Waals surface area contributed by atoms with Gasteiger partial charge < -0.3 is 20.5 Å². The van der Waals surface area contributed by atoms with Gasteiger partial charge in [-0.05, 0) is 25.5 Å². The van der Waals surface area contributed by atoms with Gasteiger partial charge in [0.15, 0.2) is 0 Å². The SMILES string of the molecule is CC(=O)N1CC[C@@H](Nc2nc3c(-c4cc5c([nH]4)CCNC5=O)cccc3nc2C)C1. The van der Waals surface area contributed by atoms with Crippen molar-refractivity contribution in [1.29, 1.82) is 0 Å². The summed E-state index contributed by atoms with van der Waals surface area (Å²) in [4.78, 5) is 38.7. The molecule has 8 heteroatoms. The molecule has 5 rings (SSSR count). The van der Waals surface area contributed by atoms with Gasteiger partial charge >= 0.3 is 0 Å². The first kappa shape index (κ1) is 18.6. The number of aromatic amines is 1. The second-order valence-electron chi connectivity index (χ2n) is 8.01. The topological polar surface area (TPSA) is 103 Å². The van der Waals surface area contributed by atoms with Gasteiger partial charge in [-0.25, -0.2) is 9.97 Å². The van der Waals surface area contributed by atoms with Gasteiger partial charge in [0, 0.05) is 56.0 Å². The minimum Gasteiger partial charge on any atom is -0.364 e. The summed E-state index contributed by atoms with van der Waals surface area (Å²) in [6.45, 7) is 5.62. The van der Waals surface area contributed by atoms with Crippen LogP contribution in [0.3, 0.4) is 0 Å². The fourth-order valence-corrected chi connectivity index (χ4v) is 4.32. The van der Waals surface area contributed by atoms with E-state index < -0.39 is 0 Å². The number of fused-ring (bicyclic) bond motifs is 2. The molecule has 1 fully saturated rings. The van der Waals surface area contributed by atoms with Crippen LogP contribution in [0.25, 0.3) is 22.3 Å². The summed E-state index contributed by atoms with van der Waals surface area (Å²) >= 11 is 0. The quantitative estimate of drug-likeness (QED) is 0.621. The summed E-state index contributed by atoms with van der Waals surface area (Å²) in [6.07, 6.45) is 1.68. The molecule has 30 heavy (non-hydrogen) atoms. The maximum absolute atomic E-state index is 12.2. The average molecular weight is 404 g/mol. The summed E-state index contributed by atoms with van der Waals surface area (Å²) in [6, 6.07) is 7.96. The van der Waals surface area contributed by atoms with Crippen molar-refractivity contribution < 1.29 is 9.59 Å². The maximum Gasteiger partial charge on any atom is 0.253 e. The molecule has 0 spiro atoms. The molecule has 0 aliphatic carbocycles. The molecular weight excluding hydrogens is 380 g/mol. The standard InChI is InChI=1S/C22H24N6O2/c1-12-21(25-14-7-9-28(11-14)13(2)29)27-20-15(4-3-5-18(20)24-12)19-10-16-17(26-19)6-8-23-22(16)30/h3-5,10,14,26H,6-9,11H2,1-2H3,(H,23,30)(H,25,27)/t14-/m1/s1. The van der Waals surface area contributed by atoms with E-state index in [0.717, 1.165) is 58.9 Å². The number of hydrogen-bond donors (Lipinski definition) is 3. The van der Waals surface area contributed by atoms with Gasteiger partial charge in [0.25, 0.3) is 5.91 Å². The highest BCUT2D eigenvalue weighted by molar-refractivity contribution is 5.99. The van der Waals surface area contributed by atoms with E-state index in [-0.39, 0.29) is 17.9 Å². The smallest absolute Gasteiger partial charge is 0.253 e. The number of aryl methyl sites for hydroxylation is 1. The average Bonchev–Trinajstić information content (AvgIpc) is 3.36. The van der Waals surface area contributed by atoms with Gasteiger partial charge in [0.05, 0.1) is 16.8 Å². The van der Waals surface area contributed by atoms with Gasteiger partial charge in [0.2, 0.25) is 5.91 Å². The fourth-order valence-electron chi connectivity index (χ4n) is 4.32. The molecule has 3 aromatic rings. The summed E-state index contributed by atoms with van der Waals surface area (Å²) in [5, 5.41) is 6.36. The molecule has 0 radical (unpaired) electrons. The number of amides is 2. The third kappa shape index (κ3) is 3.18. The van der Waals surface area contributed by atoms with Crippen LogP contribution in [0, 0.1) is 6.92 Å². The Bertz CT molecular complexity index is 1170. The molecule has 1 saturated heterocycles. The van der Waals surface area contributed by atoms with E-state index in [1.54, 1.807) is 6.92 Å². The third-order valence-corrected chi connectivity index (χ3v) is 5.94. The number of aromatic nitrogens is 3. The van der Waals surface area contributed by atoms with Crippen molar-refractivity contribution in [3.8, 4) is 11.3 Å². The van der Waals surface area contributed by atoms with Crippen LogP contribution in [0.1, 0.15) is 35.1 Å². The molecule has 8 nitrogen and oxygen atoms in total. The van der Waals surface area contributed by atoms with Crippen LogP contribution in [-0.4, -0.2) is 57.3 Å². The van der Waals surface area contributed by atoms with Crippen LogP contribution in [-0.2, 0) is 11.2 Å². The van der Waals surface area contributed by atoms with E-state index in [0.29, 0.717) is 18.7 Å². The number of likely N-dealkylation sites (tertiary alicyclic amines) is 1. The maximum atomic E-state index is 12.2. The lowest BCUT2D eigenvalue weighted by atomic mass is 10.1. The van der Waals surface area contributed by atoms with Crippen LogP contribution in [0.4, 0.5) is 5.82 Å². The zero-order valence-corrected chi connectivity index (χ0v) is 17.1. The normalized spacial score (nSPS) is 18.4. The van der Waals surface area contributed by atoms with Gasteiger partial charge in [-0.1, -0.05) is 12.1 Å². The van der Waals surface area contributed by atoms with Crippen molar-refractivity contribution in [2.24, 2.45) is 0 Å². The number of carbonyl (C=O) groups is 2. The van der Waals surface area contributed by atoms with Crippen molar-refractivity contribution in [2.45, 2.75) is 32.7 Å². The lowest BCUT2D eigenvalue weighted by Gasteiger charge is -2.17. The lowest BCUT2D eigenvalue weighted by Crippen LogP contribution is -2.31. The van der Waals surface area contributed by atoms with Crippen LogP contribution >= 0.6 is 0 Å². The number of anilines is 1. The molecule has 3 N–H and O–H groups in total. The monoisotopic (exact) mass is 404 g/mol. The number of para-hydroxylation sites is 1. The minimum absolute atomic E-state index is 0.0421. The molecule has 2 aliphatic heterocycles.